The summed E-state index contributed by atoms with van der Waals surface area (Å²) in [6.45, 7) is 4.21. The van der Waals surface area contributed by atoms with E-state index < -0.39 is 0 Å². The molecule has 0 aliphatic heterocycles. The van der Waals surface area contributed by atoms with Crippen LogP contribution in [0, 0.1) is 5.92 Å². The van der Waals surface area contributed by atoms with Crippen LogP contribution >= 0.6 is 46.1 Å². The highest BCUT2D eigenvalue weighted by molar-refractivity contribution is 7.15. The van der Waals surface area contributed by atoms with Crippen LogP contribution in [-0.2, 0) is 0 Å². The van der Waals surface area contributed by atoms with E-state index in [9.17, 15) is 0 Å². The SMILES string of the molecule is CC(C)C(N)c1ccc(-c2cc(Cl)c(Cl)cc2Cl)s1. The van der Waals surface area contributed by atoms with Gasteiger partial charge in [0.15, 0.2) is 0 Å². The van der Waals surface area contributed by atoms with Crippen LogP contribution in [-0.4, -0.2) is 0 Å². The maximum absolute atomic E-state index is 6.22. The number of rotatable bonds is 3. The third kappa shape index (κ3) is 3.26. The van der Waals surface area contributed by atoms with Crippen LogP contribution in [0.5, 0.6) is 0 Å². The van der Waals surface area contributed by atoms with Crippen molar-refractivity contribution in [2.24, 2.45) is 11.7 Å². The zero-order valence-electron chi connectivity index (χ0n) is 10.6. The summed E-state index contributed by atoms with van der Waals surface area (Å²) >= 11 is 19.8. The van der Waals surface area contributed by atoms with Gasteiger partial charge >= 0.3 is 0 Å². The van der Waals surface area contributed by atoms with Gasteiger partial charge < -0.3 is 5.73 Å². The summed E-state index contributed by atoms with van der Waals surface area (Å²) in [6, 6.07) is 7.57. The summed E-state index contributed by atoms with van der Waals surface area (Å²) in [4.78, 5) is 2.20. The zero-order chi connectivity index (χ0) is 14.2. The molecule has 0 saturated carbocycles. The summed E-state index contributed by atoms with van der Waals surface area (Å²) in [7, 11) is 0. The Balaban J connectivity index is 2.41. The smallest absolute Gasteiger partial charge is 0.0607 e. The zero-order valence-corrected chi connectivity index (χ0v) is 13.7. The largest absolute Gasteiger partial charge is 0.323 e. The molecule has 2 aromatic rings. The lowest BCUT2D eigenvalue weighted by atomic mass is 10.0. The molecule has 5 heteroatoms. The van der Waals surface area contributed by atoms with Gasteiger partial charge in [0.05, 0.1) is 15.1 Å². The normalized spacial score (nSPS) is 13.0. The molecule has 0 amide bonds. The number of halogens is 3. The monoisotopic (exact) mass is 333 g/mol. The first kappa shape index (κ1) is 15.1. The van der Waals surface area contributed by atoms with Crippen LogP contribution in [0.2, 0.25) is 15.1 Å². The first-order valence-electron chi connectivity index (χ1n) is 5.90. The maximum Gasteiger partial charge on any atom is 0.0607 e. The fourth-order valence-corrected chi connectivity index (χ4v) is 3.63. The van der Waals surface area contributed by atoms with E-state index in [0.29, 0.717) is 21.0 Å². The lowest BCUT2D eigenvalue weighted by Crippen LogP contribution is -2.14. The Morgan fingerprint density at radius 2 is 1.63 bits per heavy atom. The second-order valence-corrected chi connectivity index (χ2v) is 7.05. The molecule has 19 heavy (non-hydrogen) atoms. The van der Waals surface area contributed by atoms with Crippen LogP contribution in [0.15, 0.2) is 24.3 Å². The third-order valence-electron chi connectivity index (χ3n) is 2.95. The van der Waals surface area contributed by atoms with E-state index in [1.807, 2.05) is 12.1 Å². The summed E-state index contributed by atoms with van der Waals surface area (Å²) in [5, 5.41) is 1.57. The number of benzene rings is 1. The lowest BCUT2D eigenvalue weighted by Gasteiger charge is -2.13. The van der Waals surface area contributed by atoms with Crippen molar-refractivity contribution in [3.63, 3.8) is 0 Å². The molecule has 0 aliphatic rings. The summed E-state index contributed by atoms with van der Waals surface area (Å²) in [6.07, 6.45) is 0. The average Bonchev–Trinajstić information content (AvgIpc) is 2.81. The summed E-state index contributed by atoms with van der Waals surface area (Å²) in [5.41, 5.74) is 7.04. The molecule has 2 rings (SSSR count). The van der Waals surface area contributed by atoms with Crippen molar-refractivity contribution >= 4 is 46.1 Å². The van der Waals surface area contributed by atoms with E-state index in [0.717, 1.165) is 15.3 Å². The van der Waals surface area contributed by atoms with Crippen LogP contribution in [0.1, 0.15) is 24.8 Å². The Morgan fingerprint density at radius 1 is 1.00 bits per heavy atom. The highest BCUT2D eigenvalue weighted by Gasteiger charge is 2.15. The summed E-state index contributed by atoms with van der Waals surface area (Å²) in [5.74, 6) is 0.399. The number of hydrogen-bond donors (Lipinski definition) is 1. The predicted molar refractivity (Wildman–Crippen MR) is 86.6 cm³/mol. The van der Waals surface area contributed by atoms with Crippen LogP contribution < -0.4 is 5.73 Å². The molecule has 0 fully saturated rings. The van der Waals surface area contributed by atoms with Crippen molar-refractivity contribution in [2.45, 2.75) is 19.9 Å². The molecule has 1 atom stereocenters. The molecule has 0 aliphatic carbocycles. The first-order chi connectivity index (χ1) is 8.90. The van der Waals surface area contributed by atoms with Gasteiger partial charge in [0.1, 0.15) is 0 Å². The Morgan fingerprint density at radius 3 is 2.26 bits per heavy atom. The quantitative estimate of drug-likeness (QED) is 0.681. The maximum atomic E-state index is 6.22. The van der Waals surface area contributed by atoms with Crippen molar-refractivity contribution in [3.8, 4) is 10.4 Å². The molecule has 1 heterocycles. The Kier molecular flexibility index (Phi) is 4.80. The second-order valence-electron chi connectivity index (χ2n) is 4.72. The van der Waals surface area contributed by atoms with E-state index in [2.05, 4.69) is 13.8 Å². The van der Waals surface area contributed by atoms with Gasteiger partial charge in [0, 0.05) is 21.4 Å². The van der Waals surface area contributed by atoms with E-state index in [1.165, 1.54) is 0 Å². The molecule has 1 nitrogen and oxygen atoms in total. The standard InChI is InChI=1S/C14H14Cl3NS/c1-7(2)14(18)13-4-3-12(19-13)8-5-10(16)11(17)6-9(8)15/h3-7,14H,18H2,1-2H3. The summed E-state index contributed by atoms with van der Waals surface area (Å²) < 4.78 is 0. The van der Waals surface area contributed by atoms with Crippen LogP contribution in [0.4, 0.5) is 0 Å². The Hall–Kier alpha value is -0.250. The van der Waals surface area contributed by atoms with Crippen molar-refractivity contribution in [2.75, 3.05) is 0 Å². The van der Waals surface area contributed by atoms with E-state index >= 15 is 0 Å². The molecule has 1 aromatic carbocycles. The minimum Gasteiger partial charge on any atom is -0.323 e. The number of nitrogens with two attached hydrogens (primary N) is 1. The van der Waals surface area contributed by atoms with Crippen molar-refractivity contribution in [1.29, 1.82) is 0 Å². The molecular weight excluding hydrogens is 321 g/mol. The molecule has 0 saturated heterocycles. The van der Waals surface area contributed by atoms with Crippen LogP contribution in [0.3, 0.4) is 0 Å². The van der Waals surface area contributed by atoms with Gasteiger partial charge in [-0.05, 0) is 30.2 Å². The second kappa shape index (κ2) is 6.02. The average molecular weight is 335 g/mol. The Bertz CT molecular complexity index is 592. The molecule has 1 aromatic heterocycles. The van der Waals surface area contributed by atoms with Gasteiger partial charge in [-0.25, -0.2) is 0 Å². The van der Waals surface area contributed by atoms with Crippen LogP contribution in [0.25, 0.3) is 10.4 Å². The molecule has 0 bridgehead atoms. The van der Waals surface area contributed by atoms with Gasteiger partial charge in [-0.2, -0.15) is 0 Å². The minimum absolute atomic E-state index is 0.0419. The van der Waals surface area contributed by atoms with Gasteiger partial charge in [-0.15, -0.1) is 11.3 Å². The number of hydrogen-bond acceptors (Lipinski definition) is 2. The minimum atomic E-state index is 0.0419. The lowest BCUT2D eigenvalue weighted by molar-refractivity contribution is 0.521. The van der Waals surface area contributed by atoms with Gasteiger partial charge in [0.25, 0.3) is 0 Å². The van der Waals surface area contributed by atoms with Gasteiger partial charge in [-0.1, -0.05) is 48.7 Å². The van der Waals surface area contributed by atoms with Gasteiger partial charge in [-0.3, -0.25) is 0 Å². The fraction of sp³-hybridized carbons (Fsp3) is 0.286. The van der Waals surface area contributed by atoms with Crippen molar-refractivity contribution in [1.82, 2.24) is 0 Å². The Labute approximate surface area is 132 Å². The van der Waals surface area contributed by atoms with Crippen molar-refractivity contribution in [3.05, 3.63) is 44.2 Å². The highest BCUT2D eigenvalue weighted by atomic mass is 35.5. The predicted octanol–water partition coefficient (Wildman–Crippen LogP) is 6.03. The van der Waals surface area contributed by atoms with E-state index in [-0.39, 0.29) is 6.04 Å². The molecular formula is C14H14Cl3NS. The number of thiophene rings is 1. The van der Waals surface area contributed by atoms with Gasteiger partial charge in [0.2, 0.25) is 0 Å². The topological polar surface area (TPSA) is 26.0 Å². The molecule has 1 unspecified atom stereocenters. The fourth-order valence-electron chi connectivity index (χ4n) is 1.72. The first-order valence-corrected chi connectivity index (χ1v) is 7.85. The molecule has 2 N–H and O–H groups in total. The van der Waals surface area contributed by atoms with Crippen molar-refractivity contribution < 1.29 is 0 Å². The highest BCUT2D eigenvalue weighted by Crippen LogP contribution is 2.39. The molecule has 102 valence electrons. The molecule has 0 radical (unpaired) electrons. The van der Waals surface area contributed by atoms with E-state index in [1.54, 1.807) is 23.5 Å². The third-order valence-corrected chi connectivity index (χ3v) is 5.20. The van der Waals surface area contributed by atoms with E-state index in [4.69, 9.17) is 40.5 Å². The molecule has 0 spiro atoms.